The van der Waals surface area contributed by atoms with Crippen molar-refractivity contribution in [1.82, 2.24) is 0 Å². The van der Waals surface area contributed by atoms with Crippen molar-refractivity contribution in [1.29, 1.82) is 0 Å². The van der Waals surface area contributed by atoms with Gasteiger partial charge < -0.3 is 10.1 Å². The fraction of sp³-hybridized carbons (Fsp3) is 0.0769. The predicted octanol–water partition coefficient (Wildman–Crippen LogP) is 3.63. The molecule has 0 aliphatic heterocycles. The summed E-state index contributed by atoms with van der Waals surface area (Å²) in [7, 11) is 1.31. The molecule has 0 unspecified atom stereocenters. The zero-order valence-electron chi connectivity index (χ0n) is 10.4. The molecule has 0 fully saturated rings. The van der Waals surface area contributed by atoms with E-state index in [0.717, 1.165) is 18.2 Å². The summed E-state index contributed by atoms with van der Waals surface area (Å²) >= 11 is 0. The van der Waals surface area contributed by atoms with Gasteiger partial charge in [-0.05, 0) is 24.3 Å². The van der Waals surface area contributed by atoms with Crippen LogP contribution in [0, 0.1) is 21.7 Å². The first kappa shape index (κ1) is 13.7. The summed E-state index contributed by atoms with van der Waals surface area (Å²) in [6.45, 7) is 0. The Hall–Kier alpha value is -2.70. The minimum atomic E-state index is -0.709. The van der Waals surface area contributed by atoms with E-state index in [1.54, 1.807) is 0 Å². The Morgan fingerprint density at radius 2 is 1.95 bits per heavy atom. The Kier molecular flexibility index (Phi) is 3.79. The predicted molar refractivity (Wildman–Crippen MR) is 69.3 cm³/mol. The monoisotopic (exact) mass is 280 g/mol. The highest BCUT2D eigenvalue weighted by atomic mass is 19.1. The van der Waals surface area contributed by atoms with Crippen LogP contribution in [-0.4, -0.2) is 12.0 Å². The number of ether oxygens (including phenoxy) is 1. The first-order chi connectivity index (χ1) is 9.51. The third kappa shape index (κ3) is 2.82. The van der Waals surface area contributed by atoms with Crippen LogP contribution in [0.3, 0.4) is 0 Å². The molecule has 0 bridgehead atoms. The third-order valence-corrected chi connectivity index (χ3v) is 2.59. The molecule has 0 aliphatic carbocycles. The van der Waals surface area contributed by atoms with Gasteiger partial charge in [0.05, 0.1) is 18.1 Å². The van der Waals surface area contributed by atoms with Crippen molar-refractivity contribution in [3.05, 3.63) is 58.1 Å². The van der Waals surface area contributed by atoms with Crippen LogP contribution >= 0.6 is 0 Å². The van der Waals surface area contributed by atoms with E-state index in [0.29, 0.717) is 5.69 Å². The van der Waals surface area contributed by atoms with E-state index in [9.17, 15) is 18.9 Å². The molecule has 1 N–H and O–H groups in total. The Bertz CT molecular complexity index is 662. The number of benzene rings is 2. The van der Waals surface area contributed by atoms with Crippen molar-refractivity contribution in [3.63, 3.8) is 0 Å². The fourth-order valence-corrected chi connectivity index (χ4v) is 1.65. The van der Waals surface area contributed by atoms with Gasteiger partial charge >= 0.3 is 0 Å². The van der Waals surface area contributed by atoms with Crippen molar-refractivity contribution < 1.29 is 18.4 Å². The second-order valence-corrected chi connectivity index (χ2v) is 3.89. The Balaban J connectivity index is 2.37. The summed E-state index contributed by atoms with van der Waals surface area (Å²) in [5.41, 5.74) is 0.0799. The Morgan fingerprint density at radius 3 is 2.60 bits per heavy atom. The van der Waals surface area contributed by atoms with Gasteiger partial charge in [-0.1, -0.05) is 0 Å². The molecule has 104 valence electrons. The second-order valence-electron chi connectivity index (χ2n) is 3.89. The lowest BCUT2D eigenvalue weighted by molar-refractivity contribution is -0.384. The van der Waals surface area contributed by atoms with Crippen LogP contribution in [0.4, 0.5) is 25.8 Å². The zero-order chi connectivity index (χ0) is 14.7. The molecule has 0 aromatic heterocycles. The van der Waals surface area contributed by atoms with Crippen molar-refractivity contribution >= 4 is 17.1 Å². The lowest BCUT2D eigenvalue weighted by atomic mass is 10.2. The van der Waals surface area contributed by atoms with Gasteiger partial charge in [-0.2, -0.15) is 0 Å². The maximum absolute atomic E-state index is 13.3. The van der Waals surface area contributed by atoms with Gasteiger partial charge in [0.2, 0.25) is 0 Å². The van der Waals surface area contributed by atoms with Crippen LogP contribution in [0.1, 0.15) is 0 Å². The fourth-order valence-electron chi connectivity index (χ4n) is 1.65. The standard InChI is InChI=1S/C13H10F2N2O3/c1-20-13-7-9(3-4-10(13)15)16-11-5-2-8(14)6-12(11)17(18)19/h2-7,16H,1H3. The number of methoxy groups -OCH3 is 1. The maximum Gasteiger partial charge on any atom is 0.295 e. The summed E-state index contributed by atoms with van der Waals surface area (Å²) in [5, 5.41) is 13.6. The minimum absolute atomic E-state index is 0.000218. The number of anilines is 2. The highest BCUT2D eigenvalue weighted by Crippen LogP contribution is 2.30. The quantitative estimate of drug-likeness (QED) is 0.686. The van der Waals surface area contributed by atoms with Gasteiger partial charge in [-0.25, -0.2) is 8.78 Å². The summed E-state index contributed by atoms with van der Waals surface area (Å²) in [6.07, 6.45) is 0. The molecule has 0 saturated heterocycles. The molecule has 0 amide bonds. The Morgan fingerprint density at radius 1 is 1.20 bits per heavy atom. The van der Waals surface area contributed by atoms with Gasteiger partial charge in [0.15, 0.2) is 11.6 Å². The average molecular weight is 280 g/mol. The molecular formula is C13H10F2N2O3. The molecule has 0 spiro atoms. The van der Waals surface area contributed by atoms with Gasteiger partial charge in [0, 0.05) is 11.8 Å². The second kappa shape index (κ2) is 5.52. The SMILES string of the molecule is COc1cc(Nc2ccc(F)cc2[N+](=O)[O-])ccc1F. The molecule has 2 aromatic rings. The van der Waals surface area contributed by atoms with Crippen LogP contribution < -0.4 is 10.1 Å². The number of nitrogens with zero attached hydrogens (tertiary/aromatic N) is 1. The van der Waals surface area contributed by atoms with E-state index in [4.69, 9.17) is 4.74 Å². The van der Waals surface area contributed by atoms with Crippen molar-refractivity contribution in [2.24, 2.45) is 0 Å². The summed E-state index contributed by atoms with van der Waals surface area (Å²) in [4.78, 5) is 10.2. The Labute approximate surface area is 113 Å². The normalized spacial score (nSPS) is 10.2. The smallest absolute Gasteiger partial charge is 0.295 e. The van der Waals surface area contributed by atoms with Crippen LogP contribution in [0.15, 0.2) is 36.4 Å². The first-order valence-corrected chi connectivity index (χ1v) is 5.56. The van der Waals surface area contributed by atoms with Crippen LogP contribution in [0.25, 0.3) is 0 Å². The topological polar surface area (TPSA) is 64.4 Å². The van der Waals surface area contributed by atoms with E-state index in [1.165, 1.54) is 25.3 Å². The van der Waals surface area contributed by atoms with Gasteiger partial charge in [-0.15, -0.1) is 0 Å². The van der Waals surface area contributed by atoms with Gasteiger partial charge in [0.25, 0.3) is 5.69 Å². The summed E-state index contributed by atoms with van der Waals surface area (Å²) < 4.78 is 31.1. The number of rotatable bonds is 4. The van der Waals surface area contributed by atoms with E-state index < -0.39 is 22.2 Å². The molecule has 5 nitrogen and oxygen atoms in total. The van der Waals surface area contributed by atoms with Crippen LogP contribution in [0.5, 0.6) is 5.75 Å². The number of halogens is 2. The summed E-state index contributed by atoms with van der Waals surface area (Å²) in [6, 6.07) is 7.05. The largest absolute Gasteiger partial charge is 0.494 e. The molecule has 2 rings (SSSR count). The molecule has 0 saturated carbocycles. The van der Waals surface area contributed by atoms with Crippen molar-refractivity contribution in [2.75, 3.05) is 12.4 Å². The first-order valence-electron chi connectivity index (χ1n) is 5.56. The summed E-state index contributed by atoms with van der Waals surface area (Å²) in [5.74, 6) is -1.26. The molecule has 20 heavy (non-hydrogen) atoms. The van der Waals surface area contributed by atoms with E-state index >= 15 is 0 Å². The highest BCUT2D eigenvalue weighted by molar-refractivity contribution is 5.70. The molecular weight excluding hydrogens is 270 g/mol. The molecule has 0 aliphatic rings. The zero-order valence-corrected chi connectivity index (χ0v) is 10.4. The molecule has 0 radical (unpaired) electrons. The highest BCUT2D eigenvalue weighted by Gasteiger charge is 2.15. The maximum atomic E-state index is 13.3. The number of nitro benzene ring substituents is 1. The lowest BCUT2D eigenvalue weighted by Crippen LogP contribution is -1.98. The van der Waals surface area contributed by atoms with Crippen LogP contribution in [0.2, 0.25) is 0 Å². The number of nitro groups is 1. The van der Waals surface area contributed by atoms with Crippen molar-refractivity contribution in [3.8, 4) is 5.75 Å². The van der Waals surface area contributed by atoms with E-state index in [-0.39, 0.29) is 11.4 Å². The number of hydrogen-bond acceptors (Lipinski definition) is 4. The minimum Gasteiger partial charge on any atom is -0.494 e. The lowest BCUT2D eigenvalue weighted by Gasteiger charge is -2.09. The van der Waals surface area contributed by atoms with E-state index in [1.807, 2.05) is 0 Å². The third-order valence-electron chi connectivity index (χ3n) is 2.59. The van der Waals surface area contributed by atoms with Crippen molar-refractivity contribution in [2.45, 2.75) is 0 Å². The van der Waals surface area contributed by atoms with Gasteiger partial charge in [0.1, 0.15) is 11.5 Å². The number of nitrogens with one attached hydrogen (secondary N) is 1. The molecule has 0 atom stereocenters. The van der Waals surface area contributed by atoms with E-state index in [2.05, 4.69) is 5.32 Å². The molecule has 7 heteroatoms. The molecule has 0 heterocycles. The number of hydrogen-bond donors (Lipinski definition) is 1. The average Bonchev–Trinajstić information content (AvgIpc) is 2.42. The van der Waals surface area contributed by atoms with Crippen LogP contribution in [-0.2, 0) is 0 Å². The van der Waals surface area contributed by atoms with Gasteiger partial charge in [-0.3, -0.25) is 10.1 Å². The molecule has 2 aromatic carbocycles.